The Morgan fingerprint density at radius 2 is 1.68 bits per heavy atom. The summed E-state index contributed by atoms with van der Waals surface area (Å²) in [7, 11) is 3.35. The van der Waals surface area contributed by atoms with Crippen LogP contribution >= 0.6 is 0 Å². The van der Waals surface area contributed by atoms with Crippen LogP contribution in [0, 0.1) is 0 Å². The van der Waals surface area contributed by atoms with Crippen molar-refractivity contribution in [2.24, 2.45) is 0 Å². The van der Waals surface area contributed by atoms with Crippen molar-refractivity contribution in [3.8, 4) is 11.5 Å². The fourth-order valence-electron chi connectivity index (χ4n) is 3.36. The van der Waals surface area contributed by atoms with Crippen LogP contribution in [0.4, 0.5) is 4.79 Å². The zero-order valence-corrected chi connectivity index (χ0v) is 18.7. The van der Waals surface area contributed by atoms with E-state index in [1.165, 1.54) is 5.56 Å². The first-order chi connectivity index (χ1) is 13.3. The van der Waals surface area contributed by atoms with Crippen molar-refractivity contribution >= 4 is 25.5 Å². The molecule has 0 aromatic heterocycles. The first-order valence-corrected chi connectivity index (χ1v) is 11.1. The molecule has 6 heteroatoms. The van der Waals surface area contributed by atoms with Crippen molar-refractivity contribution in [3.05, 3.63) is 53.6 Å². The van der Waals surface area contributed by atoms with Gasteiger partial charge >= 0.3 is 173 Å². The number of rotatable bonds is 5. The second kappa shape index (κ2) is 8.46. The summed E-state index contributed by atoms with van der Waals surface area (Å²) >= 11 is 0.0245. The summed E-state index contributed by atoms with van der Waals surface area (Å²) in [6.07, 6.45) is 0.514. The van der Waals surface area contributed by atoms with E-state index >= 15 is 0 Å². The Bertz CT molecular complexity index is 824. The number of alkyl carbamates (subject to hydrolysis) is 1. The molecule has 5 nitrogen and oxygen atoms in total. The third kappa shape index (κ3) is 4.62. The van der Waals surface area contributed by atoms with E-state index in [0.29, 0.717) is 0 Å². The van der Waals surface area contributed by atoms with Crippen molar-refractivity contribution in [2.75, 3.05) is 14.2 Å². The van der Waals surface area contributed by atoms with Gasteiger partial charge in [0.05, 0.1) is 0 Å². The van der Waals surface area contributed by atoms with Crippen LogP contribution in [0.2, 0.25) is 4.82 Å². The molecule has 28 heavy (non-hydrogen) atoms. The quantitative estimate of drug-likeness (QED) is 0.710. The summed E-state index contributed by atoms with van der Waals surface area (Å²) in [4.78, 5) is 12.7. The van der Waals surface area contributed by atoms with Gasteiger partial charge in [0.15, 0.2) is 0 Å². The van der Waals surface area contributed by atoms with Gasteiger partial charge in [0.1, 0.15) is 0 Å². The molecule has 0 fully saturated rings. The Kier molecular flexibility index (Phi) is 6.21. The summed E-state index contributed by atoms with van der Waals surface area (Å²) in [6, 6.07) is 14.0. The van der Waals surface area contributed by atoms with Gasteiger partial charge in [0.2, 0.25) is 0 Å². The zero-order valence-electron chi connectivity index (χ0n) is 16.9. The Balaban J connectivity index is 1.89. The van der Waals surface area contributed by atoms with Crippen LogP contribution in [0.1, 0.15) is 37.9 Å². The van der Waals surface area contributed by atoms with Gasteiger partial charge in [-0.25, -0.2) is 0 Å². The standard InChI is InChI=1S/C22H27NO4Se/c1-22(2,3)27-21(24)23-19-15-10-7-6-9-14(15)13-18(19)28-20-16(25-4)11-8-12-17(20)26-5/h6-12,18-19H,13H2,1-5H3,(H,23,24). The zero-order chi connectivity index (χ0) is 20.3. The number of benzene rings is 2. The third-order valence-corrected chi connectivity index (χ3v) is 7.40. The van der Waals surface area contributed by atoms with E-state index < -0.39 is 5.60 Å². The Hall–Kier alpha value is -2.17. The molecule has 0 bridgehead atoms. The number of nitrogens with one attached hydrogen (secondary N) is 1. The molecule has 0 aliphatic heterocycles. The van der Waals surface area contributed by atoms with Crippen LogP contribution in [-0.2, 0) is 11.2 Å². The van der Waals surface area contributed by atoms with Gasteiger partial charge in [0, 0.05) is 0 Å². The molecular weight excluding hydrogens is 421 g/mol. The fourth-order valence-corrected chi connectivity index (χ4v) is 6.40. The van der Waals surface area contributed by atoms with Crippen molar-refractivity contribution < 1.29 is 19.0 Å². The van der Waals surface area contributed by atoms with Crippen LogP contribution in [0.3, 0.4) is 0 Å². The average Bonchev–Trinajstić information content (AvgIpc) is 2.97. The molecule has 0 saturated carbocycles. The molecule has 2 aromatic rings. The molecule has 0 radical (unpaired) electrons. The third-order valence-electron chi connectivity index (χ3n) is 4.51. The molecule has 1 N–H and O–H groups in total. The van der Waals surface area contributed by atoms with Crippen molar-refractivity contribution in [3.63, 3.8) is 0 Å². The van der Waals surface area contributed by atoms with Gasteiger partial charge < -0.3 is 0 Å². The van der Waals surface area contributed by atoms with E-state index in [-0.39, 0.29) is 31.9 Å². The van der Waals surface area contributed by atoms with Gasteiger partial charge in [-0.1, -0.05) is 0 Å². The Morgan fingerprint density at radius 3 is 2.29 bits per heavy atom. The molecule has 2 unspecified atom stereocenters. The van der Waals surface area contributed by atoms with Gasteiger partial charge in [-0.3, -0.25) is 0 Å². The Morgan fingerprint density at radius 1 is 1.04 bits per heavy atom. The summed E-state index contributed by atoms with van der Waals surface area (Å²) in [5, 5.41) is 3.11. The summed E-state index contributed by atoms with van der Waals surface area (Å²) in [5.41, 5.74) is 1.90. The minimum absolute atomic E-state index is 0.0245. The summed E-state index contributed by atoms with van der Waals surface area (Å²) in [6.45, 7) is 5.61. The second-order valence-electron chi connectivity index (χ2n) is 7.67. The average molecular weight is 448 g/mol. The van der Waals surface area contributed by atoms with Crippen molar-refractivity contribution in [1.82, 2.24) is 5.32 Å². The van der Waals surface area contributed by atoms with Crippen molar-refractivity contribution in [1.29, 1.82) is 0 Å². The molecule has 0 saturated heterocycles. The maximum absolute atomic E-state index is 12.5. The number of hydrogen-bond acceptors (Lipinski definition) is 4. The molecule has 1 amide bonds. The van der Waals surface area contributed by atoms with Gasteiger partial charge in [-0.15, -0.1) is 0 Å². The minimum atomic E-state index is -0.533. The first-order valence-electron chi connectivity index (χ1n) is 9.27. The number of ether oxygens (including phenoxy) is 3. The first kappa shape index (κ1) is 20.6. The maximum atomic E-state index is 12.5. The molecule has 0 heterocycles. The molecule has 1 aliphatic rings. The molecule has 3 rings (SSSR count). The van der Waals surface area contributed by atoms with Crippen LogP contribution in [0.15, 0.2) is 42.5 Å². The van der Waals surface area contributed by atoms with Gasteiger partial charge in [-0.2, -0.15) is 0 Å². The number of hydrogen-bond donors (Lipinski definition) is 1. The van der Waals surface area contributed by atoms with Gasteiger partial charge in [-0.05, 0) is 0 Å². The number of carbonyl (C=O) groups is 1. The molecule has 2 atom stereocenters. The number of amides is 1. The SMILES string of the molecule is COc1cccc(OC)c1[Se]C1Cc2ccccc2C1NC(=O)OC(C)(C)C. The molecule has 150 valence electrons. The molecule has 2 aromatic carbocycles. The van der Waals surface area contributed by atoms with E-state index in [1.807, 2.05) is 51.1 Å². The van der Waals surface area contributed by atoms with Crippen LogP contribution < -0.4 is 19.3 Å². The molecular formula is C22H27NO4Se. The predicted molar refractivity (Wildman–Crippen MR) is 111 cm³/mol. The topological polar surface area (TPSA) is 56.8 Å². The van der Waals surface area contributed by atoms with E-state index in [2.05, 4.69) is 17.4 Å². The van der Waals surface area contributed by atoms with E-state index in [0.717, 1.165) is 27.9 Å². The fraction of sp³-hybridized carbons (Fsp3) is 0.409. The second-order valence-corrected chi connectivity index (χ2v) is 10.3. The summed E-state index contributed by atoms with van der Waals surface area (Å²) < 4.78 is 17.8. The predicted octanol–water partition coefficient (Wildman–Crippen LogP) is 3.64. The number of methoxy groups -OCH3 is 2. The van der Waals surface area contributed by atoms with E-state index in [4.69, 9.17) is 14.2 Å². The van der Waals surface area contributed by atoms with E-state index in [1.54, 1.807) is 14.2 Å². The van der Waals surface area contributed by atoms with Crippen LogP contribution in [-0.4, -0.2) is 40.9 Å². The van der Waals surface area contributed by atoms with Crippen LogP contribution in [0.5, 0.6) is 11.5 Å². The Labute approximate surface area is 172 Å². The molecule has 1 aliphatic carbocycles. The number of carbonyl (C=O) groups excluding carboxylic acids is 1. The molecule has 0 spiro atoms. The van der Waals surface area contributed by atoms with Crippen molar-refractivity contribution in [2.45, 2.75) is 43.7 Å². The summed E-state index contributed by atoms with van der Waals surface area (Å²) in [5.74, 6) is 1.65. The monoisotopic (exact) mass is 449 g/mol. The van der Waals surface area contributed by atoms with Gasteiger partial charge in [0.25, 0.3) is 0 Å². The normalized spacial score (nSPS) is 18.3. The van der Waals surface area contributed by atoms with E-state index in [9.17, 15) is 4.79 Å². The van der Waals surface area contributed by atoms with Crippen LogP contribution in [0.25, 0.3) is 0 Å². The number of fused-ring (bicyclic) bond motifs is 1.